The molecule has 0 saturated carbocycles. The van der Waals surface area contributed by atoms with Crippen molar-refractivity contribution in [3.63, 3.8) is 0 Å². The van der Waals surface area contributed by atoms with Crippen LogP contribution in [0.15, 0.2) is 33.9 Å². The number of hydrogen-bond acceptors (Lipinski definition) is 5. The second-order valence-corrected chi connectivity index (χ2v) is 6.80. The zero-order valence-electron chi connectivity index (χ0n) is 14.9. The van der Waals surface area contributed by atoms with E-state index in [1.54, 1.807) is 0 Å². The fourth-order valence-corrected chi connectivity index (χ4v) is 3.64. The van der Waals surface area contributed by atoms with Crippen molar-refractivity contribution in [2.24, 2.45) is 7.05 Å². The minimum absolute atomic E-state index is 0.0126. The van der Waals surface area contributed by atoms with Crippen molar-refractivity contribution < 1.29 is 26.7 Å². The summed E-state index contributed by atoms with van der Waals surface area (Å²) in [5.74, 6) is 0. The van der Waals surface area contributed by atoms with Crippen molar-refractivity contribution in [3.05, 3.63) is 56.5 Å². The molecular weight excluding hydrogens is 421 g/mol. The maximum absolute atomic E-state index is 13.3. The van der Waals surface area contributed by atoms with Crippen LogP contribution in [0.3, 0.4) is 0 Å². The van der Waals surface area contributed by atoms with Crippen LogP contribution in [0.5, 0.6) is 0 Å². The average Bonchev–Trinajstić information content (AvgIpc) is 3.08. The Morgan fingerprint density at radius 2 is 1.93 bits per heavy atom. The molecule has 3 aromatic rings. The van der Waals surface area contributed by atoms with Gasteiger partial charge in [-0.15, -0.1) is 0 Å². The van der Waals surface area contributed by atoms with E-state index < -0.39 is 42.6 Å². The first-order valence-electron chi connectivity index (χ1n) is 8.22. The van der Waals surface area contributed by atoms with Crippen molar-refractivity contribution in [2.75, 3.05) is 20.0 Å². The number of nitrogens with zero attached hydrogens (tertiary/aromatic N) is 3. The van der Waals surface area contributed by atoms with Gasteiger partial charge in [0.15, 0.2) is 0 Å². The van der Waals surface area contributed by atoms with Gasteiger partial charge in [-0.1, -0.05) is 0 Å². The van der Waals surface area contributed by atoms with Crippen molar-refractivity contribution in [3.8, 4) is 5.69 Å². The van der Waals surface area contributed by atoms with Crippen LogP contribution in [0.4, 0.5) is 22.0 Å². The molecule has 0 spiro atoms. The van der Waals surface area contributed by atoms with Gasteiger partial charge in [0, 0.05) is 18.5 Å². The second-order valence-electron chi connectivity index (χ2n) is 5.99. The Morgan fingerprint density at radius 3 is 2.55 bits per heavy atom. The van der Waals surface area contributed by atoms with E-state index in [9.17, 15) is 31.5 Å². The van der Waals surface area contributed by atoms with E-state index in [4.69, 9.17) is 4.74 Å². The van der Waals surface area contributed by atoms with Crippen molar-refractivity contribution >= 4 is 21.6 Å². The molecule has 0 aliphatic carbocycles. The van der Waals surface area contributed by atoms with Gasteiger partial charge in [0.05, 0.1) is 22.7 Å². The van der Waals surface area contributed by atoms with Crippen LogP contribution >= 0.6 is 11.5 Å². The maximum atomic E-state index is 13.3. The Hall–Kier alpha value is -2.60. The van der Waals surface area contributed by atoms with Gasteiger partial charge in [0.25, 0.3) is 5.56 Å². The summed E-state index contributed by atoms with van der Waals surface area (Å²) < 4.78 is 75.4. The first-order valence-corrected chi connectivity index (χ1v) is 9.00. The summed E-state index contributed by atoms with van der Waals surface area (Å²) in [5.41, 5.74) is -3.59. The van der Waals surface area contributed by atoms with Crippen LogP contribution in [0.1, 0.15) is 17.5 Å². The molecule has 0 fully saturated rings. The van der Waals surface area contributed by atoms with Crippen LogP contribution in [0.2, 0.25) is 0 Å². The molecule has 0 amide bonds. The van der Waals surface area contributed by atoms with Gasteiger partial charge in [-0.05, 0) is 29.7 Å². The number of hydrogen-bond donors (Lipinski definition) is 0. The lowest BCUT2D eigenvalue weighted by atomic mass is 10.1. The molecule has 0 radical (unpaired) electrons. The Balaban J connectivity index is 2.17. The number of benzene rings is 1. The number of halogens is 5. The third kappa shape index (κ3) is 3.94. The summed E-state index contributed by atoms with van der Waals surface area (Å²) >= 11 is 1.00. The van der Waals surface area contributed by atoms with Crippen molar-refractivity contribution in [1.29, 1.82) is 0 Å². The first kappa shape index (κ1) is 21.1. The summed E-state index contributed by atoms with van der Waals surface area (Å²) in [5, 5.41) is 0.350. The lowest BCUT2D eigenvalue weighted by molar-refractivity contribution is -0.144. The predicted octanol–water partition coefficient (Wildman–Crippen LogP) is 3.16. The number of fused-ring (bicyclic) bond motifs is 1. The highest BCUT2D eigenvalue weighted by atomic mass is 32.1. The van der Waals surface area contributed by atoms with Gasteiger partial charge in [-0.3, -0.25) is 9.36 Å². The van der Waals surface area contributed by atoms with Crippen LogP contribution in [0, 0.1) is 0 Å². The third-order valence-corrected chi connectivity index (χ3v) is 5.03. The molecule has 0 saturated heterocycles. The summed E-state index contributed by atoms with van der Waals surface area (Å²) in [4.78, 5) is 24.7. The van der Waals surface area contributed by atoms with Gasteiger partial charge >= 0.3 is 11.9 Å². The summed E-state index contributed by atoms with van der Waals surface area (Å²) in [7, 11) is 0.904. The molecule has 3 rings (SSSR count). The van der Waals surface area contributed by atoms with Crippen LogP contribution in [-0.4, -0.2) is 33.5 Å². The Labute approximate surface area is 163 Å². The van der Waals surface area contributed by atoms with Gasteiger partial charge in [0.2, 0.25) is 0 Å². The van der Waals surface area contributed by atoms with Crippen LogP contribution < -0.4 is 11.2 Å². The van der Waals surface area contributed by atoms with Gasteiger partial charge < -0.3 is 4.74 Å². The van der Waals surface area contributed by atoms with Crippen molar-refractivity contribution in [2.45, 2.75) is 12.3 Å². The van der Waals surface area contributed by atoms with Gasteiger partial charge in [0.1, 0.15) is 25.1 Å². The number of rotatable bonds is 6. The van der Waals surface area contributed by atoms with E-state index in [2.05, 4.69) is 4.37 Å². The maximum Gasteiger partial charge on any atom is 0.431 e. The fourth-order valence-electron chi connectivity index (χ4n) is 2.84. The number of ether oxygens (including phenoxy) is 1. The Morgan fingerprint density at radius 1 is 1.21 bits per heavy atom. The van der Waals surface area contributed by atoms with Crippen LogP contribution in [0.25, 0.3) is 15.8 Å². The quantitative estimate of drug-likeness (QED) is 0.558. The molecular formula is C17H14F5N3O3S. The van der Waals surface area contributed by atoms with E-state index in [-0.39, 0.29) is 18.0 Å². The highest BCUT2D eigenvalue weighted by Crippen LogP contribution is 2.31. The highest BCUT2D eigenvalue weighted by molar-refractivity contribution is 7.13. The van der Waals surface area contributed by atoms with Crippen molar-refractivity contribution in [1.82, 2.24) is 13.5 Å². The fraction of sp³-hybridized carbons (Fsp3) is 0.353. The lowest BCUT2D eigenvalue weighted by Crippen LogP contribution is -2.40. The molecule has 29 heavy (non-hydrogen) atoms. The molecule has 1 aromatic carbocycles. The molecule has 0 aliphatic heterocycles. The molecule has 12 heteroatoms. The number of alkyl halides is 5. The zero-order valence-corrected chi connectivity index (χ0v) is 15.7. The Kier molecular flexibility index (Phi) is 5.85. The lowest BCUT2D eigenvalue weighted by Gasteiger charge is -2.14. The molecule has 2 aromatic heterocycles. The van der Waals surface area contributed by atoms with E-state index in [0.717, 1.165) is 18.6 Å². The van der Waals surface area contributed by atoms with Gasteiger partial charge in [-0.25, -0.2) is 18.1 Å². The second kappa shape index (κ2) is 8.03. The normalized spacial score (nSPS) is 13.2. The minimum Gasteiger partial charge on any atom is -0.366 e. The monoisotopic (exact) mass is 435 g/mol. The number of aromatic nitrogens is 3. The smallest absolute Gasteiger partial charge is 0.366 e. The topological polar surface area (TPSA) is 66.1 Å². The molecule has 6 nitrogen and oxygen atoms in total. The summed E-state index contributed by atoms with van der Waals surface area (Å²) in [6, 6.07) is 4.53. The highest BCUT2D eigenvalue weighted by Gasteiger charge is 2.35. The molecule has 0 N–H and O–H groups in total. The van der Waals surface area contributed by atoms with E-state index in [1.165, 1.54) is 18.2 Å². The molecule has 156 valence electrons. The summed E-state index contributed by atoms with van der Waals surface area (Å²) in [6.45, 7) is -2.14. The van der Waals surface area contributed by atoms with E-state index in [1.807, 2.05) is 0 Å². The molecule has 0 aliphatic rings. The average molecular weight is 435 g/mol. The largest absolute Gasteiger partial charge is 0.431 e. The zero-order chi connectivity index (χ0) is 21.3. The van der Waals surface area contributed by atoms with E-state index >= 15 is 0 Å². The van der Waals surface area contributed by atoms with Crippen LogP contribution in [-0.2, 0) is 18.0 Å². The SMILES string of the molecule is Cn1c(C(F)(F)F)cc(=O)n(-c2ccc3snc(C(CF)OCCF)c3c2)c1=O. The molecule has 0 bridgehead atoms. The molecule has 2 heterocycles. The summed E-state index contributed by atoms with van der Waals surface area (Å²) in [6.07, 6.45) is -6.02. The standard InChI is InChI=1S/C17H14F5N3O3S/c1-24-13(17(20,21)22)7-14(26)25(16(24)27)9-2-3-12-10(6-9)15(23-29-12)11(8-19)28-5-4-18/h2-3,6-7,11H,4-5,8H2,1H3. The van der Waals surface area contributed by atoms with Gasteiger partial charge in [-0.2, -0.15) is 17.5 Å². The third-order valence-electron chi connectivity index (χ3n) is 4.19. The van der Waals surface area contributed by atoms with E-state index in [0.29, 0.717) is 25.3 Å². The Bertz CT molecular complexity index is 1150. The first-order chi connectivity index (χ1) is 13.7. The molecule has 1 atom stereocenters. The molecule has 1 unspecified atom stereocenters. The predicted molar refractivity (Wildman–Crippen MR) is 96.1 cm³/mol. The minimum atomic E-state index is -4.87.